The van der Waals surface area contributed by atoms with Gasteiger partial charge < -0.3 is 14.8 Å². The molecule has 1 aromatic carbocycles. The third kappa shape index (κ3) is 5.47. The summed E-state index contributed by atoms with van der Waals surface area (Å²) in [6.07, 6.45) is 1.82. The number of rotatable bonds is 9. The van der Waals surface area contributed by atoms with Crippen LogP contribution < -0.4 is 10.1 Å². The molecule has 0 heterocycles. The van der Waals surface area contributed by atoms with Gasteiger partial charge in [-0.25, -0.2) is 4.39 Å². The van der Waals surface area contributed by atoms with Crippen LogP contribution in [-0.4, -0.2) is 33.4 Å². The van der Waals surface area contributed by atoms with Crippen LogP contribution in [0.3, 0.4) is 0 Å². The van der Waals surface area contributed by atoms with E-state index in [2.05, 4.69) is 19.2 Å². The Morgan fingerprint density at radius 1 is 1.30 bits per heavy atom. The summed E-state index contributed by atoms with van der Waals surface area (Å²) in [6, 6.07) is 5.50. The van der Waals surface area contributed by atoms with Crippen LogP contribution in [0.4, 0.5) is 4.39 Å². The van der Waals surface area contributed by atoms with Crippen molar-refractivity contribution in [1.29, 1.82) is 0 Å². The van der Waals surface area contributed by atoms with Crippen LogP contribution >= 0.6 is 0 Å². The molecule has 0 aliphatic heterocycles. The first-order valence-electron chi connectivity index (χ1n) is 7.15. The van der Waals surface area contributed by atoms with E-state index < -0.39 is 0 Å². The van der Waals surface area contributed by atoms with Crippen LogP contribution in [0.5, 0.6) is 5.75 Å². The molecule has 0 saturated heterocycles. The molecule has 0 aromatic heterocycles. The highest BCUT2D eigenvalue weighted by Crippen LogP contribution is 2.20. The van der Waals surface area contributed by atoms with Gasteiger partial charge in [0.2, 0.25) is 0 Å². The minimum Gasteiger partial charge on any atom is -0.494 e. The van der Waals surface area contributed by atoms with Crippen molar-refractivity contribution < 1.29 is 13.9 Å². The van der Waals surface area contributed by atoms with Crippen LogP contribution in [0, 0.1) is 11.7 Å². The molecule has 3 nitrogen and oxygen atoms in total. The summed E-state index contributed by atoms with van der Waals surface area (Å²) >= 11 is 0. The van der Waals surface area contributed by atoms with Crippen molar-refractivity contribution in [2.24, 2.45) is 5.92 Å². The Kier molecular flexibility index (Phi) is 7.55. The average molecular weight is 283 g/mol. The first-order chi connectivity index (χ1) is 9.60. The second-order valence-corrected chi connectivity index (χ2v) is 5.22. The van der Waals surface area contributed by atoms with E-state index in [1.165, 1.54) is 7.11 Å². The van der Waals surface area contributed by atoms with E-state index in [1.54, 1.807) is 19.2 Å². The lowest BCUT2D eigenvalue weighted by molar-refractivity contribution is 0.149. The van der Waals surface area contributed by atoms with Crippen molar-refractivity contribution in [2.45, 2.75) is 32.7 Å². The molecule has 2 unspecified atom stereocenters. The fourth-order valence-electron chi connectivity index (χ4n) is 2.49. The van der Waals surface area contributed by atoms with Gasteiger partial charge in [-0.1, -0.05) is 19.9 Å². The smallest absolute Gasteiger partial charge is 0.165 e. The molecular weight excluding hydrogens is 257 g/mol. The molecule has 0 spiro atoms. The Balaban J connectivity index is 2.67. The zero-order chi connectivity index (χ0) is 15.0. The topological polar surface area (TPSA) is 30.5 Å². The SMILES string of the molecule is CCNC(Cc1ccc(OC)c(F)c1)CC(C)COC. The predicted octanol–water partition coefficient (Wildman–Crippen LogP) is 3.03. The molecule has 4 heteroatoms. The molecule has 20 heavy (non-hydrogen) atoms. The molecule has 114 valence electrons. The summed E-state index contributed by atoms with van der Waals surface area (Å²) < 4.78 is 23.8. The number of methoxy groups -OCH3 is 2. The lowest BCUT2D eigenvalue weighted by atomic mass is 9.96. The largest absolute Gasteiger partial charge is 0.494 e. The molecule has 0 saturated carbocycles. The van der Waals surface area contributed by atoms with Gasteiger partial charge in [-0.05, 0) is 43.0 Å². The Labute approximate surface area is 121 Å². The lowest BCUT2D eigenvalue weighted by Crippen LogP contribution is -2.33. The third-order valence-electron chi connectivity index (χ3n) is 3.33. The maximum atomic E-state index is 13.7. The average Bonchev–Trinajstić information content (AvgIpc) is 2.39. The third-order valence-corrected chi connectivity index (χ3v) is 3.33. The van der Waals surface area contributed by atoms with Crippen molar-refractivity contribution in [3.8, 4) is 5.75 Å². The number of halogens is 1. The van der Waals surface area contributed by atoms with Gasteiger partial charge >= 0.3 is 0 Å². The number of hydrogen-bond acceptors (Lipinski definition) is 3. The van der Waals surface area contributed by atoms with Crippen molar-refractivity contribution in [1.82, 2.24) is 5.32 Å². The first kappa shape index (κ1) is 16.9. The fraction of sp³-hybridized carbons (Fsp3) is 0.625. The molecule has 0 aliphatic rings. The van der Waals surface area contributed by atoms with Crippen molar-refractivity contribution in [2.75, 3.05) is 27.4 Å². The van der Waals surface area contributed by atoms with E-state index in [0.29, 0.717) is 17.7 Å². The Morgan fingerprint density at radius 3 is 2.60 bits per heavy atom. The van der Waals surface area contributed by atoms with E-state index in [0.717, 1.165) is 31.6 Å². The molecule has 0 bridgehead atoms. The summed E-state index contributed by atoms with van der Waals surface area (Å²) in [7, 11) is 3.20. The Hall–Kier alpha value is -1.13. The second-order valence-electron chi connectivity index (χ2n) is 5.22. The van der Waals surface area contributed by atoms with E-state index in [-0.39, 0.29) is 5.82 Å². The summed E-state index contributed by atoms with van der Waals surface area (Å²) in [5.41, 5.74) is 0.985. The normalized spacial score (nSPS) is 14.1. The number of benzene rings is 1. The summed E-state index contributed by atoms with van der Waals surface area (Å²) in [6.45, 7) is 5.91. The van der Waals surface area contributed by atoms with Crippen molar-refractivity contribution >= 4 is 0 Å². The highest BCUT2D eigenvalue weighted by Gasteiger charge is 2.14. The maximum absolute atomic E-state index is 13.7. The van der Waals surface area contributed by atoms with Gasteiger partial charge in [0, 0.05) is 19.8 Å². The molecule has 0 fully saturated rings. The van der Waals surface area contributed by atoms with Gasteiger partial charge in [-0.2, -0.15) is 0 Å². The zero-order valence-corrected chi connectivity index (χ0v) is 12.9. The summed E-state index contributed by atoms with van der Waals surface area (Å²) in [5, 5.41) is 3.46. The zero-order valence-electron chi connectivity index (χ0n) is 12.9. The highest BCUT2D eigenvalue weighted by molar-refractivity contribution is 5.29. The second kappa shape index (κ2) is 8.93. The van der Waals surface area contributed by atoms with E-state index in [1.807, 2.05) is 6.07 Å². The lowest BCUT2D eigenvalue weighted by Gasteiger charge is -2.21. The van der Waals surface area contributed by atoms with Gasteiger partial charge in [0.05, 0.1) is 7.11 Å². The minimum absolute atomic E-state index is 0.293. The first-order valence-corrected chi connectivity index (χ1v) is 7.15. The number of ether oxygens (including phenoxy) is 2. The molecule has 1 N–H and O–H groups in total. The van der Waals surface area contributed by atoms with Crippen LogP contribution in [-0.2, 0) is 11.2 Å². The molecule has 0 aliphatic carbocycles. The Morgan fingerprint density at radius 2 is 2.05 bits per heavy atom. The molecular formula is C16H26FNO2. The van der Waals surface area contributed by atoms with E-state index in [9.17, 15) is 4.39 Å². The van der Waals surface area contributed by atoms with Gasteiger partial charge in [-0.15, -0.1) is 0 Å². The van der Waals surface area contributed by atoms with Gasteiger partial charge in [0.15, 0.2) is 11.6 Å². The monoisotopic (exact) mass is 283 g/mol. The van der Waals surface area contributed by atoms with Crippen molar-refractivity contribution in [3.05, 3.63) is 29.6 Å². The van der Waals surface area contributed by atoms with Crippen LogP contribution in [0.2, 0.25) is 0 Å². The standard InChI is InChI=1S/C16H26FNO2/c1-5-18-14(8-12(2)11-19-3)9-13-6-7-16(20-4)15(17)10-13/h6-7,10,12,14,18H,5,8-9,11H2,1-4H3. The molecule has 2 atom stereocenters. The Bertz CT molecular complexity index is 398. The van der Waals surface area contributed by atoms with E-state index >= 15 is 0 Å². The molecule has 0 radical (unpaired) electrons. The van der Waals surface area contributed by atoms with Gasteiger partial charge in [0.25, 0.3) is 0 Å². The van der Waals surface area contributed by atoms with Crippen molar-refractivity contribution in [3.63, 3.8) is 0 Å². The maximum Gasteiger partial charge on any atom is 0.165 e. The van der Waals surface area contributed by atoms with Crippen LogP contribution in [0.25, 0.3) is 0 Å². The summed E-state index contributed by atoms with van der Waals surface area (Å²) in [4.78, 5) is 0. The highest BCUT2D eigenvalue weighted by atomic mass is 19.1. The number of likely N-dealkylation sites (N-methyl/N-ethyl adjacent to an activating group) is 1. The van der Waals surface area contributed by atoms with Gasteiger partial charge in [0.1, 0.15) is 0 Å². The quantitative estimate of drug-likeness (QED) is 0.755. The number of hydrogen-bond donors (Lipinski definition) is 1. The summed E-state index contributed by atoms with van der Waals surface area (Å²) in [5.74, 6) is 0.471. The van der Waals surface area contributed by atoms with Gasteiger partial charge in [-0.3, -0.25) is 0 Å². The van der Waals surface area contributed by atoms with Crippen LogP contribution in [0.1, 0.15) is 25.8 Å². The fourth-order valence-corrected chi connectivity index (χ4v) is 2.49. The molecule has 1 rings (SSSR count). The minimum atomic E-state index is -0.301. The number of nitrogens with one attached hydrogen (secondary N) is 1. The molecule has 1 aromatic rings. The van der Waals surface area contributed by atoms with E-state index in [4.69, 9.17) is 9.47 Å². The predicted molar refractivity (Wildman–Crippen MR) is 79.8 cm³/mol. The van der Waals surface area contributed by atoms with Crippen LogP contribution in [0.15, 0.2) is 18.2 Å². The molecule has 0 amide bonds.